The smallest absolute Gasteiger partial charge is 0.243 e. The van der Waals surface area contributed by atoms with E-state index >= 15 is 0 Å². The van der Waals surface area contributed by atoms with Crippen LogP contribution in [0.5, 0.6) is 0 Å². The van der Waals surface area contributed by atoms with E-state index in [0.717, 1.165) is 49.9 Å². The van der Waals surface area contributed by atoms with E-state index in [1.807, 2.05) is 46.0 Å². The summed E-state index contributed by atoms with van der Waals surface area (Å²) in [6, 6.07) is 17.6. The number of benzene rings is 2. The molecule has 0 radical (unpaired) electrons. The Morgan fingerprint density at radius 1 is 0.914 bits per heavy atom. The van der Waals surface area contributed by atoms with E-state index in [9.17, 15) is 13.2 Å². The quantitative estimate of drug-likeness (QED) is 0.523. The van der Waals surface area contributed by atoms with Crippen LogP contribution in [-0.2, 0) is 21.4 Å². The number of fused-ring (bicyclic) bond motifs is 1. The number of nitrogens with zero attached hydrogens (tertiary/aromatic N) is 4. The van der Waals surface area contributed by atoms with Crippen molar-refractivity contribution >= 4 is 32.5 Å². The first-order valence-electron chi connectivity index (χ1n) is 12.6. The zero-order valence-electron chi connectivity index (χ0n) is 20.3. The number of piperazine rings is 1. The van der Waals surface area contributed by atoms with Gasteiger partial charge in [-0.15, -0.1) is 0 Å². The molecule has 2 aliphatic rings. The number of carbonyl (C=O) groups is 1. The van der Waals surface area contributed by atoms with Crippen molar-refractivity contribution < 1.29 is 13.2 Å². The maximum absolute atomic E-state index is 13.1. The molecule has 5 rings (SSSR count). The number of piperidine rings is 1. The van der Waals surface area contributed by atoms with Gasteiger partial charge in [0.15, 0.2) is 0 Å². The summed E-state index contributed by atoms with van der Waals surface area (Å²) in [7, 11) is -3.47. The lowest BCUT2D eigenvalue weighted by molar-refractivity contribution is -0.131. The van der Waals surface area contributed by atoms with E-state index in [1.165, 1.54) is 5.69 Å². The zero-order valence-corrected chi connectivity index (χ0v) is 21.2. The highest BCUT2D eigenvalue weighted by Crippen LogP contribution is 2.27. The summed E-state index contributed by atoms with van der Waals surface area (Å²) >= 11 is 0. The van der Waals surface area contributed by atoms with Gasteiger partial charge in [0.2, 0.25) is 15.9 Å². The van der Waals surface area contributed by atoms with Crippen LogP contribution in [0.1, 0.15) is 26.2 Å². The Morgan fingerprint density at radius 2 is 1.63 bits per heavy atom. The van der Waals surface area contributed by atoms with Crippen LogP contribution in [0.4, 0.5) is 5.69 Å². The van der Waals surface area contributed by atoms with Gasteiger partial charge in [0, 0.05) is 75.0 Å². The lowest BCUT2D eigenvalue weighted by atomic mass is 10.0. The van der Waals surface area contributed by atoms with Crippen LogP contribution in [0, 0.1) is 5.92 Å². The van der Waals surface area contributed by atoms with Gasteiger partial charge in [0.05, 0.1) is 4.90 Å². The number of sulfonamides is 1. The lowest BCUT2D eigenvalue weighted by Crippen LogP contribution is -2.48. The monoisotopic (exact) mass is 494 g/mol. The van der Waals surface area contributed by atoms with Crippen LogP contribution < -0.4 is 4.90 Å². The molecular weight excluding hydrogens is 460 g/mol. The second-order valence-corrected chi connectivity index (χ2v) is 11.7. The van der Waals surface area contributed by atoms with Gasteiger partial charge in [0.1, 0.15) is 0 Å². The van der Waals surface area contributed by atoms with E-state index in [2.05, 4.69) is 24.0 Å². The summed E-state index contributed by atoms with van der Waals surface area (Å²) in [6.45, 7) is 7.08. The fraction of sp³-hybridized carbons (Fsp3) is 0.444. The summed E-state index contributed by atoms with van der Waals surface area (Å²) in [5, 5.41) is 0.889. The summed E-state index contributed by atoms with van der Waals surface area (Å²) < 4.78 is 29.9. The van der Waals surface area contributed by atoms with Gasteiger partial charge in [0.25, 0.3) is 0 Å². The Morgan fingerprint density at radius 3 is 2.34 bits per heavy atom. The van der Waals surface area contributed by atoms with E-state index in [-0.39, 0.29) is 5.91 Å². The maximum Gasteiger partial charge on any atom is 0.243 e. The number of para-hydroxylation sites is 1. The third-order valence-electron chi connectivity index (χ3n) is 7.44. The van der Waals surface area contributed by atoms with Crippen LogP contribution >= 0.6 is 0 Å². The van der Waals surface area contributed by atoms with E-state index < -0.39 is 10.0 Å². The molecule has 2 aromatic carbocycles. The number of amides is 1. The molecule has 3 heterocycles. The first-order chi connectivity index (χ1) is 16.9. The molecule has 35 heavy (non-hydrogen) atoms. The number of hydrogen-bond donors (Lipinski definition) is 0. The van der Waals surface area contributed by atoms with Crippen LogP contribution in [0.2, 0.25) is 0 Å². The van der Waals surface area contributed by atoms with Gasteiger partial charge in [-0.2, -0.15) is 4.31 Å². The molecule has 2 fully saturated rings. The van der Waals surface area contributed by atoms with Crippen molar-refractivity contribution in [1.29, 1.82) is 0 Å². The van der Waals surface area contributed by atoms with Crippen molar-refractivity contribution in [1.82, 2.24) is 13.8 Å². The Kier molecular flexibility index (Phi) is 6.84. The molecule has 8 heteroatoms. The van der Waals surface area contributed by atoms with E-state index in [1.54, 1.807) is 16.4 Å². The number of carbonyl (C=O) groups excluding carboxylic acids is 1. The SMILES string of the molecule is CC1CCN(S(=O)(=O)c2ccc3c(ccn3CCC(=O)N3CCN(c4ccccc4)CC3)c2)CC1. The number of anilines is 1. The number of rotatable bonds is 6. The minimum absolute atomic E-state index is 0.165. The first-order valence-corrected chi connectivity index (χ1v) is 14.0. The minimum Gasteiger partial charge on any atom is -0.368 e. The molecule has 186 valence electrons. The molecule has 2 saturated heterocycles. The van der Waals surface area contributed by atoms with Crippen LogP contribution in [0.3, 0.4) is 0 Å². The summed E-state index contributed by atoms with van der Waals surface area (Å²) in [5.41, 5.74) is 2.16. The number of aryl methyl sites for hydroxylation is 1. The Balaban J connectivity index is 1.19. The van der Waals surface area contributed by atoms with Crippen molar-refractivity contribution in [2.45, 2.75) is 37.6 Å². The van der Waals surface area contributed by atoms with Crippen molar-refractivity contribution in [2.24, 2.45) is 5.92 Å². The topological polar surface area (TPSA) is 65.9 Å². The highest BCUT2D eigenvalue weighted by molar-refractivity contribution is 7.89. The first kappa shape index (κ1) is 23.9. The summed E-state index contributed by atoms with van der Waals surface area (Å²) in [6.07, 6.45) is 4.20. The molecule has 0 N–H and O–H groups in total. The molecule has 7 nitrogen and oxygen atoms in total. The standard InChI is InChI=1S/C27H34N4O3S/c1-22-9-15-31(16-10-22)35(33,34)25-7-8-26-23(21-25)11-13-29(26)14-12-27(32)30-19-17-28(18-20-30)24-5-3-2-4-6-24/h2-8,11,13,21-22H,9-10,12,14-20H2,1H3. The van der Waals surface area contributed by atoms with Gasteiger partial charge in [-0.05, 0) is 55.2 Å². The van der Waals surface area contributed by atoms with Crippen molar-refractivity contribution in [2.75, 3.05) is 44.2 Å². The van der Waals surface area contributed by atoms with Gasteiger partial charge in [-0.3, -0.25) is 4.79 Å². The summed E-state index contributed by atoms with van der Waals surface area (Å²) in [5.74, 6) is 0.742. The second-order valence-electron chi connectivity index (χ2n) is 9.77. The Bertz CT molecular complexity index is 1270. The molecule has 1 aromatic heterocycles. The molecule has 0 saturated carbocycles. The Labute approximate surface area is 208 Å². The highest BCUT2D eigenvalue weighted by atomic mass is 32.2. The van der Waals surface area contributed by atoms with Gasteiger partial charge < -0.3 is 14.4 Å². The number of aromatic nitrogens is 1. The maximum atomic E-state index is 13.1. The highest BCUT2D eigenvalue weighted by Gasteiger charge is 2.28. The van der Waals surface area contributed by atoms with Crippen LogP contribution in [0.25, 0.3) is 10.9 Å². The average Bonchev–Trinajstić information content (AvgIpc) is 3.30. The predicted octanol–water partition coefficient (Wildman–Crippen LogP) is 3.80. The average molecular weight is 495 g/mol. The van der Waals surface area contributed by atoms with Gasteiger partial charge >= 0.3 is 0 Å². The fourth-order valence-electron chi connectivity index (χ4n) is 5.14. The summed E-state index contributed by atoms with van der Waals surface area (Å²) in [4.78, 5) is 17.5. The Hall–Kier alpha value is -2.84. The van der Waals surface area contributed by atoms with E-state index in [0.29, 0.717) is 36.9 Å². The van der Waals surface area contributed by atoms with Crippen molar-refractivity contribution in [3.8, 4) is 0 Å². The third-order valence-corrected chi connectivity index (χ3v) is 9.34. The molecule has 0 bridgehead atoms. The van der Waals surface area contributed by atoms with Crippen LogP contribution in [0.15, 0.2) is 65.7 Å². The molecular formula is C27H34N4O3S. The number of hydrogen-bond acceptors (Lipinski definition) is 4. The van der Waals surface area contributed by atoms with Crippen molar-refractivity contribution in [3.63, 3.8) is 0 Å². The molecule has 2 aliphatic heterocycles. The van der Waals surface area contributed by atoms with Gasteiger partial charge in [-0.25, -0.2) is 8.42 Å². The molecule has 0 aliphatic carbocycles. The molecule has 0 unspecified atom stereocenters. The van der Waals surface area contributed by atoms with Gasteiger partial charge in [-0.1, -0.05) is 25.1 Å². The second kappa shape index (κ2) is 10.0. The predicted molar refractivity (Wildman–Crippen MR) is 139 cm³/mol. The largest absolute Gasteiger partial charge is 0.368 e. The lowest BCUT2D eigenvalue weighted by Gasteiger charge is -2.36. The minimum atomic E-state index is -3.47. The van der Waals surface area contributed by atoms with Crippen LogP contribution in [-0.4, -0.2) is 67.4 Å². The molecule has 0 atom stereocenters. The van der Waals surface area contributed by atoms with E-state index in [4.69, 9.17) is 0 Å². The molecule has 3 aromatic rings. The molecule has 1 amide bonds. The zero-order chi connectivity index (χ0) is 24.4. The fourth-order valence-corrected chi connectivity index (χ4v) is 6.64. The normalized spacial score (nSPS) is 18.3. The third kappa shape index (κ3) is 5.09. The molecule has 0 spiro atoms. The van der Waals surface area contributed by atoms with Crippen molar-refractivity contribution in [3.05, 3.63) is 60.8 Å².